The molecule has 7 nitrogen and oxygen atoms in total. The monoisotopic (exact) mass is 707 g/mol. The Morgan fingerprint density at radius 3 is 1.49 bits per heavy atom. The molecule has 1 aliphatic carbocycles. The highest BCUT2D eigenvalue weighted by Crippen LogP contribution is 2.63. The summed E-state index contributed by atoms with van der Waals surface area (Å²) in [5, 5.41) is 8.95. The molecule has 0 radical (unpaired) electrons. The molecule has 0 atom stereocenters. The normalized spacial score (nSPS) is 13.0. The van der Waals surface area contributed by atoms with Gasteiger partial charge in [-0.15, -0.1) is 10.2 Å². The van der Waals surface area contributed by atoms with Crippen LogP contribution >= 0.6 is 0 Å². The number of fused-ring (bicyclic) bond motifs is 9. The van der Waals surface area contributed by atoms with Gasteiger partial charge < -0.3 is 9.15 Å². The first-order valence-corrected chi connectivity index (χ1v) is 18.2. The van der Waals surface area contributed by atoms with Gasteiger partial charge in [-0.2, -0.15) is 0 Å². The molecule has 0 saturated carbocycles. The lowest BCUT2D eigenvalue weighted by Crippen LogP contribution is -2.32. The maximum atomic E-state index is 6.61. The first kappa shape index (κ1) is 31.1. The lowest BCUT2D eigenvalue weighted by molar-refractivity contribution is 0.436. The van der Waals surface area contributed by atoms with Gasteiger partial charge in [0, 0.05) is 38.9 Å². The lowest BCUT2D eigenvalue weighted by Gasteiger charge is -2.39. The smallest absolute Gasteiger partial charge is 0.248 e. The topological polar surface area (TPSA) is 86.8 Å². The maximum absolute atomic E-state index is 6.61. The second-order valence-electron chi connectivity index (χ2n) is 13.6. The molecule has 0 amide bonds. The molecule has 55 heavy (non-hydrogen) atoms. The van der Waals surface area contributed by atoms with Crippen molar-refractivity contribution in [2.45, 2.75) is 5.41 Å². The van der Waals surface area contributed by atoms with E-state index in [0.29, 0.717) is 29.3 Å². The molecule has 7 heteroatoms. The predicted octanol–water partition coefficient (Wildman–Crippen LogP) is 11.1. The van der Waals surface area contributed by atoms with Crippen LogP contribution in [0.2, 0.25) is 0 Å². The Morgan fingerprint density at radius 1 is 0.364 bits per heavy atom. The number of nitrogens with zero attached hydrogens (tertiary/aromatic N) is 5. The van der Waals surface area contributed by atoms with E-state index in [2.05, 4.69) is 83.0 Å². The number of hydrogen-bond donors (Lipinski definition) is 0. The van der Waals surface area contributed by atoms with Gasteiger partial charge in [0.2, 0.25) is 11.8 Å². The van der Waals surface area contributed by atoms with Crippen LogP contribution in [0.5, 0.6) is 11.5 Å². The number of aromatic nitrogens is 5. The van der Waals surface area contributed by atoms with Crippen LogP contribution in [0.1, 0.15) is 22.3 Å². The predicted molar refractivity (Wildman–Crippen MR) is 212 cm³/mol. The van der Waals surface area contributed by atoms with Gasteiger partial charge in [-0.05, 0) is 58.7 Å². The van der Waals surface area contributed by atoms with Crippen LogP contribution in [0.3, 0.4) is 0 Å². The van der Waals surface area contributed by atoms with Gasteiger partial charge in [0.1, 0.15) is 11.5 Å². The van der Waals surface area contributed by atoms with E-state index < -0.39 is 5.41 Å². The van der Waals surface area contributed by atoms with Crippen LogP contribution in [0, 0.1) is 0 Å². The molecule has 3 heterocycles. The third kappa shape index (κ3) is 4.80. The Labute approximate surface area is 316 Å². The van der Waals surface area contributed by atoms with Crippen LogP contribution < -0.4 is 4.74 Å². The van der Waals surface area contributed by atoms with Gasteiger partial charge in [0.05, 0.1) is 5.41 Å². The van der Waals surface area contributed by atoms with Gasteiger partial charge in [-0.25, -0.2) is 15.0 Å². The molecule has 258 valence electrons. The highest BCUT2D eigenvalue weighted by molar-refractivity contribution is 5.97. The minimum absolute atomic E-state index is 0.437. The molecule has 1 aliphatic heterocycles. The fourth-order valence-electron chi connectivity index (χ4n) is 8.24. The minimum Gasteiger partial charge on any atom is -0.457 e. The molecule has 2 aromatic heterocycles. The van der Waals surface area contributed by atoms with Crippen LogP contribution in [0.4, 0.5) is 0 Å². The fourth-order valence-corrected chi connectivity index (χ4v) is 8.24. The van der Waals surface area contributed by atoms with Gasteiger partial charge in [-0.3, -0.25) is 0 Å². The molecule has 0 bridgehead atoms. The molecule has 1 spiro atoms. The third-order valence-corrected chi connectivity index (χ3v) is 10.6. The van der Waals surface area contributed by atoms with Crippen LogP contribution in [-0.4, -0.2) is 25.1 Å². The number of hydrogen-bond acceptors (Lipinski definition) is 7. The first-order valence-electron chi connectivity index (χ1n) is 18.2. The molecule has 0 saturated heterocycles. The average Bonchev–Trinajstić information content (AvgIpc) is 3.87. The van der Waals surface area contributed by atoms with Crippen molar-refractivity contribution < 1.29 is 9.15 Å². The van der Waals surface area contributed by atoms with E-state index in [-0.39, 0.29) is 0 Å². The Balaban J connectivity index is 1.21. The van der Waals surface area contributed by atoms with E-state index in [1.54, 1.807) is 0 Å². The molecule has 11 rings (SSSR count). The SMILES string of the molecule is c1ccc(-c2nc(-c3ccccc3)nc(-c3cccc4c3-c3cc(-c5nnc(-c6ccccc6)o5)ccc3C43c4ccccc4Oc4ccccc43)n2)cc1. The largest absolute Gasteiger partial charge is 0.457 e. The molecule has 2 aliphatic rings. The Kier molecular flexibility index (Phi) is 6.94. The zero-order valence-corrected chi connectivity index (χ0v) is 29.3. The van der Waals surface area contributed by atoms with Crippen molar-refractivity contribution in [3.05, 3.63) is 198 Å². The molecular weight excluding hydrogens is 679 g/mol. The van der Waals surface area contributed by atoms with Crippen molar-refractivity contribution in [2.24, 2.45) is 0 Å². The summed E-state index contributed by atoms with van der Waals surface area (Å²) in [6, 6.07) is 59.6. The number of benzene rings is 7. The standard InChI is InChI=1S/C48H29N5O2/c1-4-15-30(16-5-1)43-49-44(31-17-6-2-7-18-31)51-45(50-43)34-21-14-24-39-42(34)35-29-33(47-53-52-46(55-47)32-19-8-3-9-20-32)27-28-36(35)48(39)37-22-10-12-25-40(37)54-41-26-13-11-23-38(41)48/h1-29H. The summed E-state index contributed by atoms with van der Waals surface area (Å²) in [6.45, 7) is 0. The van der Waals surface area contributed by atoms with Crippen molar-refractivity contribution >= 4 is 0 Å². The summed E-state index contributed by atoms with van der Waals surface area (Å²) >= 11 is 0. The quantitative estimate of drug-likeness (QED) is 0.176. The summed E-state index contributed by atoms with van der Waals surface area (Å²) in [6.07, 6.45) is 0. The van der Waals surface area contributed by atoms with Crippen molar-refractivity contribution in [3.8, 4) is 79.7 Å². The molecule has 0 unspecified atom stereocenters. The Morgan fingerprint density at radius 2 is 0.873 bits per heavy atom. The van der Waals surface area contributed by atoms with Crippen molar-refractivity contribution in [1.82, 2.24) is 25.1 Å². The van der Waals surface area contributed by atoms with Gasteiger partial charge >= 0.3 is 0 Å². The molecule has 0 N–H and O–H groups in total. The number of rotatable bonds is 5. The van der Waals surface area contributed by atoms with Crippen molar-refractivity contribution in [2.75, 3.05) is 0 Å². The minimum atomic E-state index is -0.702. The zero-order chi connectivity index (χ0) is 36.3. The van der Waals surface area contributed by atoms with Crippen LogP contribution in [-0.2, 0) is 5.41 Å². The fraction of sp³-hybridized carbons (Fsp3) is 0.0208. The van der Waals surface area contributed by atoms with Crippen LogP contribution in [0.15, 0.2) is 180 Å². The van der Waals surface area contributed by atoms with Crippen LogP contribution in [0.25, 0.3) is 68.2 Å². The molecule has 9 aromatic rings. The van der Waals surface area contributed by atoms with E-state index in [9.17, 15) is 0 Å². The molecule has 0 fully saturated rings. The van der Waals surface area contributed by atoms with E-state index >= 15 is 0 Å². The highest BCUT2D eigenvalue weighted by atomic mass is 16.5. The average molecular weight is 708 g/mol. The summed E-state index contributed by atoms with van der Waals surface area (Å²) in [5.74, 6) is 4.32. The Bertz CT molecular complexity index is 2810. The number of ether oxygens (including phenoxy) is 1. The zero-order valence-electron chi connectivity index (χ0n) is 29.3. The first-order chi connectivity index (χ1) is 27.3. The number of para-hydroxylation sites is 2. The summed E-state index contributed by atoms with van der Waals surface area (Å²) in [5.41, 5.74) is 10.1. The van der Waals surface area contributed by atoms with Crippen molar-refractivity contribution in [3.63, 3.8) is 0 Å². The highest BCUT2D eigenvalue weighted by Gasteiger charge is 2.52. The van der Waals surface area contributed by atoms with Gasteiger partial charge in [-0.1, -0.05) is 140 Å². The van der Waals surface area contributed by atoms with E-state index in [4.69, 9.17) is 24.1 Å². The van der Waals surface area contributed by atoms with E-state index in [1.165, 1.54) is 0 Å². The molecular formula is C48H29N5O2. The maximum Gasteiger partial charge on any atom is 0.248 e. The summed E-state index contributed by atoms with van der Waals surface area (Å²) < 4.78 is 12.9. The van der Waals surface area contributed by atoms with Crippen molar-refractivity contribution in [1.29, 1.82) is 0 Å². The van der Waals surface area contributed by atoms with E-state index in [0.717, 1.165) is 72.7 Å². The second kappa shape index (κ2) is 12.3. The van der Waals surface area contributed by atoms with E-state index in [1.807, 2.05) is 103 Å². The molecule has 7 aromatic carbocycles. The van der Waals surface area contributed by atoms with Gasteiger partial charge in [0.15, 0.2) is 17.5 Å². The van der Waals surface area contributed by atoms with Gasteiger partial charge in [0.25, 0.3) is 0 Å². The second-order valence-corrected chi connectivity index (χ2v) is 13.6. The summed E-state index contributed by atoms with van der Waals surface area (Å²) in [4.78, 5) is 15.4. The third-order valence-electron chi connectivity index (χ3n) is 10.6. The summed E-state index contributed by atoms with van der Waals surface area (Å²) in [7, 11) is 0. The Hall–Kier alpha value is -7.51. The lowest BCUT2D eigenvalue weighted by atomic mass is 9.66.